The first-order valence-corrected chi connectivity index (χ1v) is 8.30. The van der Waals surface area contributed by atoms with Gasteiger partial charge in [0.1, 0.15) is 6.04 Å². The Morgan fingerprint density at radius 1 is 1.33 bits per heavy atom. The number of nitrogens with one attached hydrogen (secondary N) is 2. The number of aromatic nitrogens is 2. The lowest BCUT2D eigenvalue weighted by atomic mass is 10.2. The molecule has 3 rings (SSSR count). The largest absolute Gasteiger partial charge is 0.374 e. The van der Waals surface area contributed by atoms with Crippen LogP contribution in [-0.4, -0.2) is 29.3 Å². The zero-order valence-corrected chi connectivity index (χ0v) is 14.2. The van der Waals surface area contributed by atoms with Gasteiger partial charge in [0.05, 0.1) is 0 Å². The van der Waals surface area contributed by atoms with Gasteiger partial charge in [0.25, 0.3) is 0 Å². The second-order valence-corrected chi connectivity index (χ2v) is 6.30. The Morgan fingerprint density at radius 3 is 2.88 bits per heavy atom. The van der Waals surface area contributed by atoms with Gasteiger partial charge in [-0.1, -0.05) is 25.1 Å². The first-order valence-electron chi connectivity index (χ1n) is 8.30. The van der Waals surface area contributed by atoms with Crippen LogP contribution in [0.1, 0.15) is 50.9 Å². The number of hydrogen-bond donors (Lipinski definition) is 2. The predicted molar refractivity (Wildman–Crippen MR) is 92.2 cm³/mol. The number of urea groups is 1. The molecular formula is C17H23N5O2. The Morgan fingerprint density at radius 2 is 2.17 bits per heavy atom. The molecular weight excluding hydrogens is 306 g/mol. The zero-order chi connectivity index (χ0) is 17.1. The van der Waals surface area contributed by atoms with E-state index < -0.39 is 0 Å². The molecule has 1 aliphatic heterocycles. The van der Waals surface area contributed by atoms with Gasteiger partial charge in [0.2, 0.25) is 5.89 Å². The SMILES string of the molecule is CC(C)c1noc([C@H](C)Nc2cccc(N3CCCNC3=O)c2)n1. The van der Waals surface area contributed by atoms with Crippen LogP contribution in [0.3, 0.4) is 0 Å². The highest BCUT2D eigenvalue weighted by Crippen LogP contribution is 2.24. The van der Waals surface area contributed by atoms with E-state index in [1.165, 1.54) is 0 Å². The summed E-state index contributed by atoms with van der Waals surface area (Å²) in [6.45, 7) is 7.49. The number of nitrogens with zero attached hydrogens (tertiary/aromatic N) is 3. The summed E-state index contributed by atoms with van der Waals surface area (Å²) < 4.78 is 5.33. The van der Waals surface area contributed by atoms with E-state index in [9.17, 15) is 4.79 Å². The molecule has 24 heavy (non-hydrogen) atoms. The van der Waals surface area contributed by atoms with Crippen molar-refractivity contribution in [2.75, 3.05) is 23.3 Å². The lowest BCUT2D eigenvalue weighted by Crippen LogP contribution is -2.46. The normalized spacial score (nSPS) is 16.2. The Labute approximate surface area is 141 Å². The van der Waals surface area contributed by atoms with Crippen LogP contribution in [0.25, 0.3) is 0 Å². The monoisotopic (exact) mass is 329 g/mol. The fourth-order valence-corrected chi connectivity index (χ4v) is 2.61. The molecule has 1 atom stereocenters. The molecule has 2 heterocycles. The number of amides is 2. The third-order valence-electron chi connectivity index (χ3n) is 3.97. The quantitative estimate of drug-likeness (QED) is 0.879. The van der Waals surface area contributed by atoms with Crippen molar-refractivity contribution < 1.29 is 9.32 Å². The van der Waals surface area contributed by atoms with Crippen molar-refractivity contribution in [1.29, 1.82) is 0 Å². The average molecular weight is 329 g/mol. The van der Waals surface area contributed by atoms with Crippen LogP contribution < -0.4 is 15.5 Å². The van der Waals surface area contributed by atoms with Crippen molar-refractivity contribution in [3.8, 4) is 0 Å². The van der Waals surface area contributed by atoms with Gasteiger partial charge in [0, 0.05) is 30.4 Å². The topological polar surface area (TPSA) is 83.3 Å². The van der Waals surface area contributed by atoms with E-state index in [1.54, 1.807) is 4.90 Å². The predicted octanol–water partition coefficient (Wildman–Crippen LogP) is 3.29. The third-order valence-corrected chi connectivity index (χ3v) is 3.97. The fraction of sp³-hybridized carbons (Fsp3) is 0.471. The van der Waals surface area contributed by atoms with Crippen LogP contribution in [-0.2, 0) is 0 Å². The summed E-state index contributed by atoms with van der Waals surface area (Å²) in [7, 11) is 0. The minimum atomic E-state index is -0.115. The molecule has 1 saturated heterocycles. The number of rotatable bonds is 5. The first-order chi connectivity index (χ1) is 11.5. The molecule has 2 N–H and O–H groups in total. The van der Waals surface area contributed by atoms with Crippen LogP contribution in [0.4, 0.5) is 16.2 Å². The van der Waals surface area contributed by atoms with Crippen LogP contribution in [0, 0.1) is 0 Å². The highest BCUT2D eigenvalue weighted by molar-refractivity contribution is 5.93. The van der Waals surface area contributed by atoms with Gasteiger partial charge in [-0.05, 0) is 31.5 Å². The molecule has 7 heteroatoms. The van der Waals surface area contributed by atoms with E-state index in [2.05, 4.69) is 20.8 Å². The molecule has 0 spiro atoms. The van der Waals surface area contributed by atoms with Crippen molar-refractivity contribution in [3.05, 3.63) is 36.0 Å². The van der Waals surface area contributed by atoms with E-state index in [1.807, 2.05) is 45.0 Å². The first kappa shape index (κ1) is 16.3. The van der Waals surface area contributed by atoms with E-state index in [-0.39, 0.29) is 18.0 Å². The Balaban J connectivity index is 1.72. The summed E-state index contributed by atoms with van der Waals surface area (Å²) >= 11 is 0. The van der Waals surface area contributed by atoms with Crippen molar-refractivity contribution in [2.24, 2.45) is 0 Å². The van der Waals surface area contributed by atoms with Crippen molar-refractivity contribution in [2.45, 2.75) is 39.2 Å². The number of carbonyl (C=O) groups is 1. The molecule has 128 valence electrons. The molecule has 0 unspecified atom stereocenters. The molecule has 2 aromatic rings. The van der Waals surface area contributed by atoms with E-state index in [4.69, 9.17) is 4.52 Å². The summed E-state index contributed by atoms with van der Waals surface area (Å²) in [6, 6.07) is 7.62. The molecule has 1 aliphatic rings. The summed E-state index contributed by atoms with van der Waals surface area (Å²) in [4.78, 5) is 18.1. The second-order valence-electron chi connectivity index (χ2n) is 6.30. The average Bonchev–Trinajstić information content (AvgIpc) is 3.06. The molecule has 0 bridgehead atoms. The summed E-state index contributed by atoms with van der Waals surface area (Å²) in [6.07, 6.45) is 0.944. The smallest absolute Gasteiger partial charge is 0.321 e. The maximum atomic E-state index is 12.0. The van der Waals surface area contributed by atoms with Crippen molar-refractivity contribution in [1.82, 2.24) is 15.5 Å². The van der Waals surface area contributed by atoms with Crippen LogP contribution in [0.2, 0.25) is 0 Å². The molecule has 1 aromatic carbocycles. The van der Waals surface area contributed by atoms with Crippen LogP contribution >= 0.6 is 0 Å². The van der Waals surface area contributed by atoms with E-state index in [0.717, 1.165) is 30.9 Å². The minimum Gasteiger partial charge on any atom is -0.374 e. The maximum absolute atomic E-state index is 12.0. The number of benzene rings is 1. The highest BCUT2D eigenvalue weighted by atomic mass is 16.5. The fourth-order valence-electron chi connectivity index (χ4n) is 2.61. The molecule has 2 amide bonds. The molecule has 1 fully saturated rings. The van der Waals surface area contributed by atoms with Gasteiger partial charge >= 0.3 is 6.03 Å². The maximum Gasteiger partial charge on any atom is 0.321 e. The van der Waals surface area contributed by atoms with Gasteiger partial charge in [-0.25, -0.2) is 4.79 Å². The van der Waals surface area contributed by atoms with E-state index >= 15 is 0 Å². The minimum absolute atomic E-state index is 0.0510. The number of hydrogen-bond acceptors (Lipinski definition) is 5. The van der Waals surface area contributed by atoms with Crippen LogP contribution in [0.5, 0.6) is 0 Å². The van der Waals surface area contributed by atoms with Crippen LogP contribution in [0.15, 0.2) is 28.8 Å². The standard InChI is InChI=1S/C17H23N5O2/c1-11(2)15-20-16(24-21-15)12(3)19-13-6-4-7-14(10-13)22-9-5-8-18-17(22)23/h4,6-7,10-12,19H,5,8-9H2,1-3H3,(H,18,23)/t12-/m0/s1. The van der Waals surface area contributed by atoms with Gasteiger partial charge in [-0.15, -0.1) is 0 Å². The summed E-state index contributed by atoms with van der Waals surface area (Å²) in [5.41, 5.74) is 1.78. The second kappa shape index (κ2) is 6.90. The highest BCUT2D eigenvalue weighted by Gasteiger charge is 2.20. The number of anilines is 2. The molecule has 0 radical (unpaired) electrons. The number of carbonyl (C=O) groups excluding carboxylic acids is 1. The Bertz CT molecular complexity index is 713. The zero-order valence-electron chi connectivity index (χ0n) is 14.2. The van der Waals surface area contributed by atoms with Crippen molar-refractivity contribution in [3.63, 3.8) is 0 Å². The van der Waals surface area contributed by atoms with Gasteiger partial charge in [-0.3, -0.25) is 4.90 Å². The summed E-state index contributed by atoms with van der Waals surface area (Å²) in [5.74, 6) is 1.49. The molecule has 7 nitrogen and oxygen atoms in total. The molecule has 1 aromatic heterocycles. The Hall–Kier alpha value is -2.57. The Kier molecular flexibility index (Phi) is 4.69. The van der Waals surface area contributed by atoms with E-state index in [0.29, 0.717) is 11.7 Å². The van der Waals surface area contributed by atoms with Gasteiger partial charge < -0.3 is 15.2 Å². The molecule has 0 aliphatic carbocycles. The van der Waals surface area contributed by atoms with Crippen molar-refractivity contribution >= 4 is 17.4 Å². The summed E-state index contributed by atoms with van der Waals surface area (Å²) in [5, 5.41) is 10.2. The van der Waals surface area contributed by atoms with Gasteiger partial charge in [-0.2, -0.15) is 4.98 Å². The van der Waals surface area contributed by atoms with Gasteiger partial charge in [0.15, 0.2) is 5.82 Å². The third kappa shape index (κ3) is 3.50. The lowest BCUT2D eigenvalue weighted by molar-refractivity contribution is 0.243. The molecule has 0 saturated carbocycles. The lowest BCUT2D eigenvalue weighted by Gasteiger charge is -2.28.